The standard InChI is InChI=1S/C17H16N4O2S/c1-21-7-6-13-14(9-21)24-17(19-13)20-16(23)11-8-18-12-5-3-2-4-10(12)15(11)22/h2-5,8H,6-7,9H2,1H3,(H,18,22)(H,19,20,23). The number of H-pyrrole nitrogens is 1. The molecule has 0 radical (unpaired) electrons. The lowest BCUT2D eigenvalue weighted by molar-refractivity contribution is 0.102. The fourth-order valence-corrected chi connectivity index (χ4v) is 3.96. The van der Waals surface area contributed by atoms with E-state index in [1.54, 1.807) is 12.1 Å². The Balaban J connectivity index is 1.63. The monoisotopic (exact) mass is 340 g/mol. The van der Waals surface area contributed by atoms with Crippen molar-refractivity contribution in [3.63, 3.8) is 0 Å². The Kier molecular flexibility index (Phi) is 3.66. The number of carbonyl (C=O) groups is 1. The van der Waals surface area contributed by atoms with Crippen molar-refractivity contribution in [1.29, 1.82) is 0 Å². The highest BCUT2D eigenvalue weighted by molar-refractivity contribution is 7.15. The normalized spacial score (nSPS) is 14.5. The first-order valence-electron chi connectivity index (χ1n) is 7.71. The zero-order valence-corrected chi connectivity index (χ0v) is 13.9. The summed E-state index contributed by atoms with van der Waals surface area (Å²) >= 11 is 1.47. The van der Waals surface area contributed by atoms with Crippen molar-refractivity contribution in [1.82, 2.24) is 14.9 Å². The second-order valence-electron chi connectivity index (χ2n) is 5.91. The summed E-state index contributed by atoms with van der Waals surface area (Å²) in [6.07, 6.45) is 2.34. The van der Waals surface area contributed by atoms with Crippen LogP contribution < -0.4 is 10.7 Å². The summed E-state index contributed by atoms with van der Waals surface area (Å²) < 4.78 is 0. The Morgan fingerprint density at radius 3 is 3.08 bits per heavy atom. The van der Waals surface area contributed by atoms with Gasteiger partial charge in [0.2, 0.25) is 5.43 Å². The van der Waals surface area contributed by atoms with Crippen LogP contribution in [0.4, 0.5) is 5.13 Å². The second kappa shape index (κ2) is 5.85. The van der Waals surface area contributed by atoms with Gasteiger partial charge in [-0.3, -0.25) is 14.9 Å². The summed E-state index contributed by atoms with van der Waals surface area (Å²) in [5, 5.41) is 3.82. The van der Waals surface area contributed by atoms with Crippen LogP contribution in [0.5, 0.6) is 0 Å². The van der Waals surface area contributed by atoms with Crippen LogP contribution in [0.3, 0.4) is 0 Å². The molecule has 122 valence electrons. The van der Waals surface area contributed by atoms with Crippen LogP contribution in [0.2, 0.25) is 0 Å². The van der Waals surface area contributed by atoms with E-state index in [-0.39, 0.29) is 11.0 Å². The Morgan fingerprint density at radius 2 is 2.21 bits per heavy atom. The molecule has 0 fully saturated rings. The maximum absolute atomic E-state index is 12.5. The van der Waals surface area contributed by atoms with Crippen LogP contribution in [0.15, 0.2) is 35.3 Å². The average molecular weight is 340 g/mol. The fraction of sp³-hybridized carbons (Fsp3) is 0.235. The summed E-state index contributed by atoms with van der Waals surface area (Å²) in [4.78, 5) is 35.9. The number of rotatable bonds is 2. The van der Waals surface area contributed by atoms with Crippen molar-refractivity contribution < 1.29 is 4.79 Å². The van der Waals surface area contributed by atoms with Gasteiger partial charge in [-0.15, -0.1) is 11.3 Å². The minimum atomic E-state index is -0.429. The first-order chi connectivity index (χ1) is 11.6. The van der Waals surface area contributed by atoms with Gasteiger partial charge in [0.1, 0.15) is 5.56 Å². The van der Waals surface area contributed by atoms with Gasteiger partial charge >= 0.3 is 0 Å². The smallest absolute Gasteiger partial charge is 0.262 e. The quantitative estimate of drug-likeness (QED) is 0.750. The average Bonchev–Trinajstić information content (AvgIpc) is 2.96. The molecule has 1 aliphatic rings. The SMILES string of the molecule is CN1CCc2nc(NC(=O)c3c[nH]c4ccccc4c3=O)sc2C1. The zero-order chi connectivity index (χ0) is 16.7. The molecule has 3 heterocycles. The largest absolute Gasteiger partial charge is 0.360 e. The molecule has 2 N–H and O–H groups in total. The van der Waals surface area contributed by atoms with E-state index < -0.39 is 5.91 Å². The van der Waals surface area contributed by atoms with Gasteiger partial charge < -0.3 is 9.88 Å². The molecule has 4 rings (SSSR count). The second-order valence-corrected chi connectivity index (χ2v) is 6.99. The molecule has 2 aromatic heterocycles. The summed E-state index contributed by atoms with van der Waals surface area (Å²) in [7, 11) is 2.07. The van der Waals surface area contributed by atoms with Crippen molar-refractivity contribution in [2.24, 2.45) is 0 Å². The maximum Gasteiger partial charge on any atom is 0.262 e. The first-order valence-corrected chi connectivity index (χ1v) is 8.52. The Hall–Kier alpha value is -2.51. The highest BCUT2D eigenvalue weighted by Gasteiger charge is 2.20. The van der Waals surface area contributed by atoms with Crippen LogP contribution in [-0.4, -0.2) is 34.4 Å². The fourth-order valence-electron chi connectivity index (χ4n) is 2.88. The number of thiazole rings is 1. The predicted octanol–water partition coefficient (Wildman–Crippen LogP) is 2.22. The van der Waals surface area contributed by atoms with E-state index in [0.717, 1.165) is 25.2 Å². The lowest BCUT2D eigenvalue weighted by Crippen LogP contribution is -2.25. The number of aromatic amines is 1. The summed E-state index contributed by atoms with van der Waals surface area (Å²) in [6.45, 7) is 1.81. The highest BCUT2D eigenvalue weighted by Crippen LogP contribution is 2.27. The number of likely N-dealkylation sites (N-methyl/N-ethyl adjacent to an activating group) is 1. The predicted molar refractivity (Wildman–Crippen MR) is 94.7 cm³/mol. The topological polar surface area (TPSA) is 78.1 Å². The third-order valence-electron chi connectivity index (χ3n) is 4.18. The van der Waals surface area contributed by atoms with E-state index in [2.05, 4.69) is 27.2 Å². The summed E-state index contributed by atoms with van der Waals surface area (Å²) in [6, 6.07) is 7.15. The number of fused-ring (bicyclic) bond motifs is 2. The van der Waals surface area contributed by atoms with Gasteiger partial charge in [-0.1, -0.05) is 12.1 Å². The molecule has 0 saturated carbocycles. The molecule has 7 heteroatoms. The van der Waals surface area contributed by atoms with Crippen LogP contribution in [0, 0.1) is 0 Å². The number of nitrogens with zero attached hydrogens (tertiary/aromatic N) is 2. The number of carbonyl (C=O) groups excluding carboxylic acids is 1. The zero-order valence-electron chi connectivity index (χ0n) is 13.1. The van der Waals surface area contributed by atoms with Gasteiger partial charge in [-0.05, 0) is 19.2 Å². The molecule has 6 nitrogen and oxygen atoms in total. The molecule has 0 atom stereocenters. The number of para-hydroxylation sites is 1. The molecule has 0 aliphatic carbocycles. The number of benzene rings is 1. The molecule has 3 aromatic rings. The van der Waals surface area contributed by atoms with Gasteiger partial charge in [0.15, 0.2) is 5.13 Å². The number of nitrogens with one attached hydrogen (secondary N) is 2. The van der Waals surface area contributed by atoms with E-state index >= 15 is 0 Å². The number of anilines is 1. The van der Waals surface area contributed by atoms with Crippen molar-refractivity contribution in [2.75, 3.05) is 18.9 Å². The highest BCUT2D eigenvalue weighted by atomic mass is 32.1. The molecule has 24 heavy (non-hydrogen) atoms. The summed E-state index contributed by atoms with van der Waals surface area (Å²) in [5.41, 5.74) is 1.58. The van der Waals surface area contributed by atoms with E-state index in [4.69, 9.17) is 0 Å². The van der Waals surface area contributed by atoms with Gasteiger partial charge in [0.05, 0.1) is 5.69 Å². The molecule has 0 spiro atoms. The molecule has 1 aliphatic heterocycles. The number of aromatic nitrogens is 2. The van der Waals surface area contributed by atoms with Gasteiger partial charge in [0.25, 0.3) is 5.91 Å². The minimum absolute atomic E-state index is 0.0963. The summed E-state index contributed by atoms with van der Waals surface area (Å²) in [5.74, 6) is -0.429. The van der Waals surface area contributed by atoms with Gasteiger partial charge in [-0.25, -0.2) is 4.98 Å². The number of pyridine rings is 1. The maximum atomic E-state index is 12.5. The molecular weight excluding hydrogens is 324 g/mol. The molecule has 1 amide bonds. The Morgan fingerprint density at radius 1 is 1.38 bits per heavy atom. The third kappa shape index (κ3) is 2.61. The first kappa shape index (κ1) is 15.0. The molecule has 0 saturated heterocycles. The van der Waals surface area contributed by atoms with E-state index in [0.29, 0.717) is 16.0 Å². The number of amides is 1. The van der Waals surface area contributed by atoms with E-state index in [1.807, 2.05) is 12.1 Å². The van der Waals surface area contributed by atoms with Crippen LogP contribution >= 0.6 is 11.3 Å². The molecular formula is C17H16N4O2S. The number of hydrogen-bond donors (Lipinski definition) is 2. The number of hydrogen-bond acceptors (Lipinski definition) is 5. The van der Waals surface area contributed by atoms with E-state index in [9.17, 15) is 9.59 Å². The van der Waals surface area contributed by atoms with Crippen molar-refractivity contribution in [3.05, 3.63) is 56.8 Å². The molecule has 0 unspecified atom stereocenters. The van der Waals surface area contributed by atoms with Crippen molar-refractivity contribution in [3.8, 4) is 0 Å². The Bertz CT molecular complexity index is 992. The molecule has 1 aromatic carbocycles. The lowest BCUT2D eigenvalue weighted by Gasteiger charge is -2.20. The van der Waals surface area contributed by atoms with Gasteiger partial charge in [-0.2, -0.15) is 0 Å². The Labute approximate surface area is 142 Å². The van der Waals surface area contributed by atoms with Crippen LogP contribution in [0.1, 0.15) is 20.9 Å². The minimum Gasteiger partial charge on any atom is -0.360 e. The molecule has 0 bridgehead atoms. The third-order valence-corrected chi connectivity index (χ3v) is 5.17. The van der Waals surface area contributed by atoms with Crippen molar-refractivity contribution >= 4 is 33.3 Å². The van der Waals surface area contributed by atoms with E-state index in [1.165, 1.54) is 22.4 Å². The van der Waals surface area contributed by atoms with Crippen LogP contribution in [-0.2, 0) is 13.0 Å². The van der Waals surface area contributed by atoms with Gasteiger partial charge in [0, 0.05) is 41.5 Å². The lowest BCUT2D eigenvalue weighted by atomic mass is 10.1. The van der Waals surface area contributed by atoms with Crippen molar-refractivity contribution in [2.45, 2.75) is 13.0 Å². The van der Waals surface area contributed by atoms with Crippen LogP contribution in [0.25, 0.3) is 10.9 Å².